The lowest BCUT2D eigenvalue weighted by Crippen LogP contribution is -2.35. The summed E-state index contributed by atoms with van der Waals surface area (Å²) in [6.07, 6.45) is -3.86. The van der Waals surface area contributed by atoms with Crippen molar-refractivity contribution in [3.05, 3.63) is 22.8 Å². The van der Waals surface area contributed by atoms with Crippen LogP contribution in [-0.2, 0) is 15.7 Å². The minimum absolute atomic E-state index is 0.00349. The van der Waals surface area contributed by atoms with E-state index in [0.29, 0.717) is 6.20 Å². The molecule has 1 unspecified atom stereocenters. The van der Waals surface area contributed by atoms with Crippen molar-refractivity contribution in [3.63, 3.8) is 0 Å². The third-order valence-corrected chi connectivity index (χ3v) is 2.87. The highest BCUT2D eigenvalue weighted by Gasteiger charge is 2.32. The smallest absolute Gasteiger partial charge is 0.417 e. The zero-order valence-electron chi connectivity index (χ0n) is 11.1. The Hall–Kier alpha value is -1.50. The zero-order chi connectivity index (χ0) is 15.5. The summed E-state index contributed by atoms with van der Waals surface area (Å²) in [6, 6.07) is 0.00712. The van der Waals surface area contributed by atoms with E-state index < -0.39 is 23.8 Å². The maximum atomic E-state index is 12.5. The van der Waals surface area contributed by atoms with E-state index in [4.69, 9.17) is 11.6 Å². The van der Waals surface area contributed by atoms with Gasteiger partial charge in [-0.25, -0.2) is 9.78 Å². The molecule has 1 N–H and O–H groups in total. The van der Waals surface area contributed by atoms with Gasteiger partial charge in [0.15, 0.2) is 0 Å². The van der Waals surface area contributed by atoms with E-state index in [-0.39, 0.29) is 16.8 Å². The number of rotatable bonds is 4. The van der Waals surface area contributed by atoms with Crippen LogP contribution in [0.4, 0.5) is 19.0 Å². The highest BCUT2D eigenvalue weighted by Crippen LogP contribution is 2.32. The molecule has 112 valence electrons. The number of methoxy groups -OCH3 is 1. The van der Waals surface area contributed by atoms with Gasteiger partial charge >= 0.3 is 12.1 Å². The van der Waals surface area contributed by atoms with Gasteiger partial charge in [-0.1, -0.05) is 25.4 Å². The highest BCUT2D eigenvalue weighted by molar-refractivity contribution is 6.33. The molecule has 4 nitrogen and oxygen atoms in total. The Bertz CT molecular complexity index is 492. The first kappa shape index (κ1) is 16.6. The Morgan fingerprint density at radius 3 is 2.45 bits per heavy atom. The zero-order valence-corrected chi connectivity index (χ0v) is 11.8. The Labute approximate surface area is 119 Å². The summed E-state index contributed by atoms with van der Waals surface area (Å²) >= 11 is 5.75. The molecule has 8 heteroatoms. The standard InChI is InChI=1S/C12H14ClF3N2O2/c1-6(2)9(11(19)20-3)18-10-8(13)4-7(5-17-10)12(14,15)16/h4-6,9H,1-3H3,(H,17,18). The van der Waals surface area contributed by atoms with Gasteiger partial charge in [-0.15, -0.1) is 0 Å². The van der Waals surface area contributed by atoms with Crippen molar-refractivity contribution in [2.45, 2.75) is 26.1 Å². The molecule has 0 aliphatic carbocycles. The molecule has 0 aromatic carbocycles. The van der Waals surface area contributed by atoms with Crippen molar-refractivity contribution < 1.29 is 22.7 Å². The van der Waals surface area contributed by atoms with E-state index >= 15 is 0 Å². The van der Waals surface area contributed by atoms with Gasteiger partial charge in [0.25, 0.3) is 0 Å². The summed E-state index contributed by atoms with van der Waals surface area (Å²) < 4.78 is 42.1. The van der Waals surface area contributed by atoms with E-state index in [2.05, 4.69) is 15.0 Å². The number of anilines is 1. The predicted molar refractivity (Wildman–Crippen MR) is 68.5 cm³/mol. The summed E-state index contributed by atoms with van der Waals surface area (Å²) in [5.41, 5.74) is -0.952. The second-order valence-electron chi connectivity index (χ2n) is 4.44. The average Bonchev–Trinajstić information content (AvgIpc) is 2.34. The number of halogens is 4. The molecule has 1 aromatic heterocycles. The van der Waals surface area contributed by atoms with Crippen LogP contribution < -0.4 is 5.32 Å². The van der Waals surface area contributed by atoms with Crippen molar-refractivity contribution in [2.24, 2.45) is 5.92 Å². The monoisotopic (exact) mass is 310 g/mol. The second kappa shape index (κ2) is 6.30. The largest absolute Gasteiger partial charge is 0.467 e. The molecule has 0 saturated heterocycles. The molecule has 0 saturated carbocycles. The van der Waals surface area contributed by atoms with Crippen molar-refractivity contribution in [1.29, 1.82) is 0 Å². The van der Waals surface area contributed by atoms with Crippen molar-refractivity contribution in [2.75, 3.05) is 12.4 Å². The fourth-order valence-corrected chi connectivity index (χ4v) is 1.69. The van der Waals surface area contributed by atoms with Crippen molar-refractivity contribution >= 4 is 23.4 Å². The Kier molecular flexibility index (Phi) is 5.21. The number of carbonyl (C=O) groups excluding carboxylic acids is 1. The quantitative estimate of drug-likeness (QED) is 0.866. The van der Waals surface area contributed by atoms with Crippen LogP contribution in [0, 0.1) is 5.92 Å². The number of carbonyl (C=O) groups is 1. The topological polar surface area (TPSA) is 51.2 Å². The number of pyridine rings is 1. The van der Waals surface area contributed by atoms with Gasteiger partial charge in [0.2, 0.25) is 0 Å². The van der Waals surface area contributed by atoms with Crippen LogP contribution in [0.5, 0.6) is 0 Å². The van der Waals surface area contributed by atoms with Gasteiger partial charge in [-0.05, 0) is 12.0 Å². The molecule has 0 aliphatic rings. The first-order valence-electron chi connectivity index (χ1n) is 5.74. The third kappa shape index (κ3) is 4.00. The Morgan fingerprint density at radius 1 is 1.45 bits per heavy atom. The number of ether oxygens (including phenoxy) is 1. The lowest BCUT2D eigenvalue weighted by Gasteiger charge is -2.21. The molecule has 1 heterocycles. The van der Waals surface area contributed by atoms with Crippen LogP contribution >= 0.6 is 11.6 Å². The molecule has 0 bridgehead atoms. The van der Waals surface area contributed by atoms with Crippen LogP contribution in [0.3, 0.4) is 0 Å². The molecule has 0 fully saturated rings. The fourth-order valence-electron chi connectivity index (χ4n) is 1.47. The number of esters is 1. The summed E-state index contributed by atoms with van der Waals surface area (Å²) in [5, 5.41) is 2.48. The van der Waals surface area contributed by atoms with Gasteiger partial charge < -0.3 is 10.1 Å². The molecular weight excluding hydrogens is 297 g/mol. The Balaban J connectivity index is 3.00. The predicted octanol–water partition coefficient (Wildman–Crippen LogP) is 3.36. The molecule has 0 amide bonds. The highest BCUT2D eigenvalue weighted by atomic mass is 35.5. The van der Waals surface area contributed by atoms with Gasteiger partial charge in [0.05, 0.1) is 17.7 Å². The van der Waals surface area contributed by atoms with E-state index in [9.17, 15) is 18.0 Å². The van der Waals surface area contributed by atoms with Crippen LogP contribution in [0.25, 0.3) is 0 Å². The molecule has 1 rings (SSSR count). The molecule has 1 atom stereocenters. The SMILES string of the molecule is COC(=O)C(Nc1ncc(C(F)(F)F)cc1Cl)C(C)C. The van der Waals surface area contributed by atoms with E-state index in [1.54, 1.807) is 13.8 Å². The van der Waals surface area contributed by atoms with Crippen LogP contribution in [0.2, 0.25) is 5.02 Å². The third-order valence-electron chi connectivity index (χ3n) is 2.58. The summed E-state index contributed by atoms with van der Waals surface area (Å²) in [5.74, 6) is -0.691. The van der Waals surface area contributed by atoms with Gasteiger partial charge in [0.1, 0.15) is 11.9 Å². The maximum Gasteiger partial charge on any atom is 0.417 e. The first-order chi connectivity index (χ1) is 9.16. The minimum atomic E-state index is -4.52. The Morgan fingerprint density at radius 2 is 2.05 bits per heavy atom. The van der Waals surface area contributed by atoms with Crippen LogP contribution in [0.1, 0.15) is 19.4 Å². The molecule has 1 aromatic rings. The number of hydrogen-bond acceptors (Lipinski definition) is 4. The number of alkyl halides is 3. The molecule has 0 aliphatic heterocycles. The molecule has 20 heavy (non-hydrogen) atoms. The number of hydrogen-bond donors (Lipinski definition) is 1. The van der Waals surface area contributed by atoms with Gasteiger partial charge in [-0.2, -0.15) is 13.2 Å². The molecular formula is C12H14ClF3N2O2. The van der Waals surface area contributed by atoms with E-state index in [0.717, 1.165) is 6.07 Å². The van der Waals surface area contributed by atoms with E-state index in [1.807, 2.05) is 0 Å². The normalized spacial score (nSPS) is 13.2. The van der Waals surface area contributed by atoms with E-state index in [1.165, 1.54) is 7.11 Å². The minimum Gasteiger partial charge on any atom is -0.467 e. The summed E-state index contributed by atoms with van der Waals surface area (Å²) in [4.78, 5) is 15.2. The second-order valence-corrected chi connectivity index (χ2v) is 4.85. The summed E-state index contributed by atoms with van der Waals surface area (Å²) in [6.45, 7) is 3.51. The summed E-state index contributed by atoms with van der Waals surface area (Å²) in [7, 11) is 1.22. The fraction of sp³-hybridized carbons (Fsp3) is 0.500. The molecule has 0 radical (unpaired) electrons. The maximum absolute atomic E-state index is 12.5. The lowest BCUT2D eigenvalue weighted by molar-refractivity contribution is -0.142. The number of nitrogens with zero attached hydrogens (tertiary/aromatic N) is 1. The molecule has 0 spiro atoms. The number of aromatic nitrogens is 1. The van der Waals surface area contributed by atoms with Crippen LogP contribution in [-0.4, -0.2) is 24.1 Å². The van der Waals surface area contributed by atoms with Crippen molar-refractivity contribution in [1.82, 2.24) is 4.98 Å². The first-order valence-corrected chi connectivity index (χ1v) is 6.11. The van der Waals surface area contributed by atoms with Gasteiger partial charge in [-0.3, -0.25) is 0 Å². The van der Waals surface area contributed by atoms with Crippen LogP contribution in [0.15, 0.2) is 12.3 Å². The van der Waals surface area contributed by atoms with Crippen molar-refractivity contribution in [3.8, 4) is 0 Å². The van der Waals surface area contributed by atoms with Gasteiger partial charge in [0, 0.05) is 6.20 Å². The average molecular weight is 311 g/mol. The number of nitrogens with one attached hydrogen (secondary N) is 1. The lowest BCUT2D eigenvalue weighted by atomic mass is 10.0.